The van der Waals surface area contributed by atoms with Crippen LogP contribution in [-0.4, -0.2) is 24.5 Å². The number of carbonyl (C=O) groups excluding carboxylic acids is 2. The summed E-state index contributed by atoms with van der Waals surface area (Å²) in [6.07, 6.45) is 3.34. The fourth-order valence-electron chi connectivity index (χ4n) is 3.65. The third-order valence-electron chi connectivity index (χ3n) is 5.40. The van der Waals surface area contributed by atoms with Crippen LogP contribution in [0.4, 0.5) is 0 Å². The maximum atomic E-state index is 12.4. The van der Waals surface area contributed by atoms with E-state index in [4.69, 9.17) is 4.74 Å². The summed E-state index contributed by atoms with van der Waals surface area (Å²) in [7, 11) is 0. The van der Waals surface area contributed by atoms with Crippen LogP contribution in [0.2, 0.25) is 0 Å². The maximum absolute atomic E-state index is 12.4. The highest BCUT2D eigenvalue weighted by molar-refractivity contribution is 6.04. The molecule has 0 spiro atoms. The zero-order chi connectivity index (χ0) is 17.8. The fourth-order valence-corrected chi connectivity index (χ4v) is 3.65. The smallest absolute Gasteiger partial charge is 0.339 e. The molecule has 1 aliphatic rings. The predicted molar refractivity (Wildman–Crippen MR) is 98.3 cm³/mol. The van der Waals surface area contributed by atoms with Gasteiger partial charge in [-0.3, -0.25) is 4.79 Å². The lowest BCUT2D eigenvalue weighted by Gasteiger charge is -2.34. The summed E-state index contributed by atoms with van der Waals surface area (Å²) in [6.45, 7) is 4.17. The van der Waals surface area contributed by atoms with Crippen molar-refractivity contribution in [1.82, 2.24) is 5.32 Å². The molecule has 1 saturated carbocycles. The van der Waals surface area contributed by atoms with E-state index in [-0.39, 0.29) is 18.6 Å². The SMILES string of the molecule is C[C@H]1[C@@H](NC(=O)COC(=O)c2cccc3ccccc23)CCC[C@@H]1C. The molecule has 2 aromatic carbocycles. The second-order valence-corrected chi connectivity index (χ2v) is 7.04. The number of carbonyl (C=O) groups is 2. The number of fused-ring (bicyclic) bond motifs is 1. The Bertz CT molecular complexity index is 765. The van der Waals surface area contributed by atoms with E-state index in [0.29, 0.717) is 17.4 Å². The van der Waals surface area contributed by atoms with E-state index in [0.717, 1.165) is 23.6 Å². The highest BCUT2D eigenvalue weighted by atomic mass is 16.5. The van der Waals surface area contributed by atoms with Crippen molar-refractivity contribution in [3.05, 3.63) is 48.0 Å². The average molecular weight is 339 g/mol. The highest BCUT2D eigenvalue weighted by Crippen LogP contribution is 2.29. The van der Waals surface area contributed by atoms with Gasteiger partial charge < -0.3 is 10.1 Å². The Hall–Kier alpha value is -2.36. The summed E-state index contributed by atoms with van der Waals surface area (Å²) in [5.74, 6) is 0.375. The van der Waals surface area contributed by atoms with Crippen LogP contribution in [0.25, 0.3) is 10.8 Å². The number of ether oxygens (including phenoxy) is 1. The van der Waals surface area contributed by atoms with Crippen molar-refractivity contribution in [2.75, 3.05) is 6.61 Å². The largest absolute Gasteiger partial charge is 0.452 e. The van der Waals surface area contributed by atoms with Crippen LogP contribution in [0.15, 0.2) is 42.5 Å². The Morgan fingerprint density at radius 1 is 1.08 bits per heavy atom. The second kappa shape index (κ2) is 7.68. The van der Waals surface area contributed by atoms with Gasteiger partial charge in [0.15, 0.2) is 6.61 Å². The number of rotatable bonds is 4. The molecule has 0 bridgehead atoms. The molecule has 0 saturated heterocycles. The summed E-state index contributed by atoms with van der Waals surface area (Å²) in [6, 6.07) is 13.3. The number of hydrogen-bond donors (Lipinski definition) is 1. The van der Waals surface area contributed by atoms with Gasteiger partial charge in [-0.1, -0.05) is 63.1 Å². The Balaban J connectivity index is 1.59. The normalized spacial score (nSPS) is 23.2. The van der Waals surface area contributed by atoms with Gasteiger partial charge in [0.05, 0.1) is 5.56 Å². The number of amides is 1. The van der Waals surface area contributed by atoms with E-state index in [1.165, 1.54) is 6.42 Å². The minimum absolute atomic E-state index is 0.174. The summed E-state index contributed by atoms with van der Waals surface area (Å²) < 4.78 is 5.25. The first-order valence-corrected chi connectivity index (χ1v) is 9.00. The molecule has 0 aromatic heterocycles. The van der Waals surface area contributed by atoms with Crippen molar-refractivity contribution in [1.29, 1.82) is 0 Å². The van der Waals surface area contributed by atoms with Crippen molar-refractivity contribution in [3.63, 3.8) is 0 Å². The Morgan fingerprint density at radius 3 is 2.68 bits per heavy atom. The molecule has 4 heteroatoms. The van der Waals surface area contributed by atoms with Gasteiger partial charge in [0.1, 0.15) is 0 Å². The molecule has 0 radical (unpaired) electrons. The van der Waals surface area contributed by atoms with Crippen LogP contribution in [0.1, 0.15) is 43.5 Å². The first-order valence-electron chi connectivity index (χ1n) is 9.00. The van der Waals surface area contributed by atoms with Gasteiger partial charge in [-0.15, -0.1) is 0 Å². The van der Waals surface area contributed by atoms with Gasteiger partial charge >= 0.3 is 5.97 Å². The summed E-state index contributed by atoms with van der Waals surface area (Å²) >= 11 is 0. The van der Waals surface area contributed by atoms with Crippen molar-refractivity contribution in [3.8, 4) is 0 Å². The van der Waals surface area contributed by atoms with E-state index in [9.17, 15) is 9.59 Å². The molecule has 2 aromatic rings. The van der Waals surface area contributed by atoms with Gasteiger partial charge in [0, 0.05) is 6.04 Å². The Labute approximate surface area is 148 Å². The van der Waals surface area contributed by atoms with E-state index in [1.54, 1.807) is 6.07 Å². The van der Waals surface area contributed by atoms with Gasteiger partial charge in [0.2, 0.25) is 0 Å². The van der Waals surface area contributed by atoms with Gasteiger partial charge in [-0.25, -0.2) is 4.79 Å². The molecule has 0 aliphatic heterocycles. The molecular formula is C21H25NO3. The average Bonchev–Trinajstić information content (AvgIpc) is 2.63. The first kappa shape index (κ1) is 17.5. The number of esters is 1. The maximum Gasteiger partial charge on any atom is 0.339 e. The summed E-state index contributed by atoms with van der Waals surface area (Å²) in [5.41, 5.74) is 0.491. The van der Waals surface area contributed by atoms with Gasteiger partial charge in [0.25, 0.3) is 5.91 Å². The quantitative estimate of drug-likeness (QED) is 0.859. The van der Waals surface area contributed by atoms with E-state index < -0.39 is 5.97 Å². The molecule has 25 heavy (non-hydrogen) atoms. The predicted octanol–water partition coefficient (Wildman–Crippen LogP) is 3.94. The molecule has 3 rings (SSSR count). The summed E-state index contributed by atoms with van der Waals surface area (Å²) in [4.78, 5) is 24.5. The summed E-state index contributed by atoms with van der Waals surface area (Å²) in [5, 5.41) is 4.84. The third-order valence-corrected chi connectivity index (χ3v) is 5.40. The molecule has 0 heterocycles. The lowest BCUT2D eigenvalue weighted by atomic mass is 9.78. The molecule has 4 nitrogen and oxygen atoms in total. The molecule has 0 unspecified atom stereocenters. The monoisotopic (exact) mass is 339 g/mol. The minimum Gasteiger partial charge on any atom is -0.452 e. The van der Waals surface area contributed by atoms with Crippen molar-refractivity contribution < 1.29 is 14.3 Å². The number of nitrogens with one attached hydrogen (secondary N) is 1. The lowest BCUT2D eigenvalue weighted by molar-refractivity contribution is -0.125. The van der Waals surface area contributed by atoms with Gasteiger partial charge in [-0.05, 0) is 35.1 Å². The molecule has 1 fully saturated rings. The number of benzene rings is 2. The van der Waals surface area contributed by atoms with Crippen LogP contribution < -0.4 is 5.32 Å². The van der Waals surface area contributed by atoms with Crippen molar-refractivity contribution >= 4 is 22.6 Å². The molecule has 1 amide bonds. The van der Waals surface area contributed by atoms with Crippen molar-refractivity contribution in [2.45, 2.75) is 39.2 Å². The van der Waals surface area contributed by atoms with Crippen molar-refractivity contribution in [2.24, 2.45) is 11.8 Å². The minimum atomic E-state index is -0.461. The molecule has 3 atom stereocenters. The van der Waals surface area contributed by atoms with Crippen LogP contribution in [-0.2, 0) is 9.53 Å². The topological polar surface area (TPSA) is 55.4 Å². The number of hydrogen-bond acceptors (Lipinski definition) is 3. The van der Waals surface area contributed by atoms with Crippen LogP contribution in [0.3, 0.4) is 0 Å². The Kier molecular flexibility index (Phi) is 5.37. The van der Waals surface area contributed by atoms with E-state index >= 15 is 0 Å². The standard InChI is InChI=1S/C21H25NO3/c1-14-7-5-12-19(15(14)2)22-20(23)13-25-21(24)18-11-6-9-16-8-3-4-10-17(16)18/h3-4,6,8-11,14-15,19H,5,7,12-13H2,1-2H3,(H,22,23)/t14-,15+,19-/m0/s1. The van der Waals surface area contributed by atoms with Crippen LogP contribution in [0, 0.1) is 11.8 Å². The van der Waals surface area contributed by atoms with E-state index in [2.05, 4.69) is 19.2 Å². The zero-order valence-electron chi connectivity index (χ0n) is 14.8. The fraction of sp³-hybridized carbons (Fsp3) is 0.429. The second-order valence-electron chi connectivity index (χ2n) is 7.04. The molecular weight excluding hydrogens is 314 g/mol. The van der Waals surface area contributed by atoms with Gasteiger partial charge in [-0.2, -0.15) is 0 Å². The lowest BCUT2D eigenvalue weighted by Crippen LogP contribution is -2.45. The van der Waals surface area contributed by atoms with E-state index in [1.807, 2.05) is 36.4 Å². The first-order chi connectivity index (χ1) is 12.1. The third kappa shape index (κ3) is 4.01. The van der Waals surface area contributed by atoms with Crippen LogP contribution >= 0.6 is 0 Å². The Morgan fingerprint density at radius 2 is 1.84 bits per heavy atom. The molecule has 132 valence electrons. The highest BCUT2D eigenvalue weighted by Gasteiger charge is 2.28. The van der Waals surface area contributed by atoms with Crippen LogP contribution in [0.5, 0.6) is 0 Å². The molecule has 1 N–H and O–H groups in total. The molecule has 1 aliphatic carbocycles. The zero-order valence-corrected chi connectivity index (χ0v) is 14.8.